The van der Waals surface area contributed by atoms with Gasteiger partial charge in [0.15, 0.2) is 5.78 Å². The number of hydrogen-bond acceptors (Lipinski definition) is 17. The van der Waals surface area contributed by atoms with E-state index in [0.717, 1.165) is 144 Å². The second kappa shape index (κ2) is 35.0. The molecule has 2 aromatic heterocycles. The molecule has 0 aliphatic heterocycles. The van der Waals surface area contributed by atoms with Gasteiger partial charge in [0.2, 0.25) is 0 Å². The van der Waals surface area contributed by atoms with Crippen molar-refractivity contribution in [1.29, 1.82) is 0 Å². The number of nitrogens with zero attached hydrogens (tertiary/aromatic N) is 5. The summed E-state index contributed by atoms with van der Waals surface area (Å²) >= 11 is 0. The van der Waals surface area contributed by atoms with Crippen LogP contribution in [0.3, 0.4) is 0 Å². The van der Waals surface area contributed by atoms with Gasteiger partial charge in [-0.25, -0.2) is 14.4 Å². The molecule has 12 rings (SSSR count). The van der Waals surface area contributed by atoms with Crippen molar-refractivity contribution in [3.05, 3.63) is 154 Å². The molecule has 0 radical (unpaired) electrons. The summed E-state index contributed by atoms with van der Waals surface area (Å²) in [5.41, 5.74) is 5.90. The smallest absolute Gasteiger partial charge is 0.343 e. The Kier molecular flexibility index (Phi) is 21.6. The second-order valence-electron chi connectivity index (χ2n) is 25.9. The van der Waals surface area contributed by atoms with E-state index in [-0.39, 0.29) is 115 Å². The monoisotopic (exact) mass is 1330 g/mol. The number of ketones is 5. The number of hydrogen-bond donors (Lipinski definition) is 1. The number of carboxylic acids is 1. The fourth-order valence-electron chi connectivity index (χ4n) is 11.7. The Morgan fingerprint density at radius 1 is 0.500 bits per heavy atom. The zero-order chi connectivity index (χ0) is 87.3. The van der Waals surface area contributed by atoms with Gasteiger partial charge in [0.05, 0.1) is 42.5 Å². The van der Waals surface area contributed by atoms with Crippen molar-refractivity contribution in [2.75, 3.05) is 20.7 Å². The third-order valence-corrected chi connectivity index (χ3v) is 17.8. The predicted octanol–water partition coefficient (Wildman–Crippen LogP) is 14.8. The highest BCUT2D eigenvalue weighted by molar-refractivity contribution is 6.18. The number of Topliss-reactive ketones (excluding diaryl/α,β-unsaturated/α-hetero) is 5. The van der Waals surface area contributed by atoms with Crippen molar-refractivity contribution in [2.24, 2.45) is 29.6 Å². The van der Waals surface area contributed by atoms with Crippen LogP contribution in [0.25, 0.3) is 0 Å². The zero-order valence-electron chi connectivity index (χ0n) is 75.0. The fraction of sp³-hybridized carbons (Fsp3) is 0.514. The number of carbonyl (C=O) groups excluding carboxylic acids is 9. The molecule has 20 heteroatoms. The molecule has 0 bridgehead atoms. The molecule has 5 aromatic rings. The molecule has 3 aromatic carbocycles. The number of ether oxygens (including phenoxy) is 4. The molecule has 0 amide bonds. The summed E-state index contributed by atoms with van der Waals surface area (Å²) in [5, 5.41) is 18.2. The maximum absolute atomic E-state index is 12.7. The number of rotatable bonds is 25. The zero-order valence-corrected chi connectivity index (χ0v) is 55.0. The van der Waals surface area contributed by atoms with Crippen LogP contribution in [0.1, 0.15) is 252 Å². The average Bonchev–Trinajstić information content (AvgIpc) is 1.62. The first-order valence-electron chi connectivity index (χ1n) is 43.4. The van der Waals surface area contributed by atoms with Crippen molar-refractivity contribution in [3.8, 4) is 0 Å². The van der Waals surface area contributed by atoms with Crippen LogP contribution in [-0.2, 0) is 77.1 Å². The normalized spacial score (nSPS) is 20.4. The van der Waals surface area contributed by atoms with E-state index >= 15 is 0 Å². The fourth-order valence-corrected chi connectivity index (χ4v) is 11.7. The molecule has 0 spiro atoms. The molecule has 94 heavy (non-hydrogen) atoms. The molecule has 0 atom stereocenters. The molecular formula is C74H111N5O15. The highest BCUT2D eigenvalue weighted by atomic mass is 16.5. The van der Waals surface area contributed by atoms with Gasteiger partial charge in [-0.15, -0.1) is 0 Å². The summed E-state index contributed by atoms with van der Waals surface area (Å²) in [7, 11) is 3.56. The molecule has 0 saturated heterocycles. The molecule has 7 aliphatic carbocycles. The lowest BCUT2D eigenvalue weighted by atomic mass is 9.84. The van der Waals surface area contributed by atoms with Gasteiger partial charge in [0, 0.05) is 91.4 Å². The SMILES string of the molecule is CC(=O)C1CCC(n2ncc(C(=O)O)c2C2CC2)CC1.CC(=O)C1CCC(n2ncc(C(=O)OCc3ccccc3)c2C2CC2)CC1.CCOC(=O)CC(=O)C1CC1.CN(C)C=C(C(=O)OCc1ccccc1)C(=O)C1CC1.O=C(CC(=O)C1CC1)OCc1ccccc1.[2H][2H].[2H][2H].[2H][2H].[2H][2H].[2H][2H].[2H][2H].[2H][2H].[2H][2H].[2H][2H].[2H][2H]. The van der Waals surface area contributed by atoms with E-state index in [4.69, 9.17) is 43.9 Å². The van der Waals surface area contributed by atoms with Crippen LogP contribution in [0.15, 0.2) is 115 Å². The third-order valence-electron chi connectivity index (χ3n) is 17.8. The van der Waals surface area contributed by atoms with Crippen molar-refractivity contribution >= 4 is 58.8 Å². The lowest BCUT2D eigenvalue weighted by Crippen LogP contribution is -2.24. The first-order valence-corrected chi connectivity index (χ1v) is 33.4. The minimum absolute atomic E-state index is 0.00507. The number of aromatic nitrogens is 4. The molecule has 7 aliphatic rings. The van der Waals surface area contributed by atoms with Crippen LogP contribution in [0.5, 0.6) is 0 Å². The lowest BCUT2D eigenvalue weighted by molar-refractivity contribution is -0.148. The van der Waals surface area contributed by atoms with Crippen molar-refractivity contribution in [3.63, 3.8) is 0 Å². The molecule has 1 N–H and O–H groups in total. The number of carboxylic acid groups (broad SMARTS) is 1. The Bertz CT molecular complexity index is 3510. The third kappa shape index (κ3) is 22.5. The minimum Gasteiger partial charge on any atom is -0.478 e. The number of esters is 4. The van der Waals surface area contributed by atoms with E-state index in [0.29, 0.717) is 35.4 Å². The van der Waals surface area contributed by atoms with Crippen molar-refractivity contribution in [1.82, 2.24) is 24.5 Å². The van der Waals surface area contributed by atoms with Gasteiger partial charge in [0.1, 0.15) is 72.5 Å². The van der Waals surface area contributed by atoms with Gasteiger partial charge in [-0.2, -0.15) is 10.2 Å². The van der Waals surface area contributed by atoms with E-state index in [2.05, 4.69) is 19.6 Å². The van der Waals surface area contributed by atoms with Crippen LogP contribution in [0.4, 0.5) is 0 Å². The number of benzene rings is 3. The standard InChI is InChI=1S/C22H26N2O3.C16H19NO3.C15H20N2O3.C13H14O3.C8H12O3.10H2/c1-15(25)17-9-11-19(12-10-17)24-21(18-7-8-18)20(13-23-24)22(26)27-14-16-5-3-2-4-6-16;1-17(2)10-14(15(18)13-8-9-13)16(19)20-11-12-6-4-3-5-7-12;1-9(18)10-4-6-12(7-5-10)17-14(11-2-3-11)13(8-16-17)15(19)20;14-12(11-6-7-11)8-13(15)16-9-10-4-2-1-3-5-10;1-2-11-8(10)5-7(9)6-3-4-6;;;;;;;;;;/h2-6,13,17-19H,7-12,14H2,1H3;3-7,10,13H,8-9,11H2,1-2H3;8,10-12H,2-7H2,1H3,(H,19,20);1-5,11H,6-9H2;6H,2-5H2,1H3;10*1H/i;;;;;10*1+1D. The Morgan fingerprint density at radius 2 is 0.872 bits per heavy atom. The van der Waals surface area contributed by atoms with E-state index in [1.807, 2.05) is 95.7 Å². The van der Waals surface area contributed by atoms with Crippen molar-refractivity contribution < 1.29 is 102 Å². The van der Waals surface area contributed by atoms with Crippen LogP contribution < -0.4 is 0 Å². The Balaban J connectivity index is -0.00000130. The summed E-state index contributed by atoms with van der Waals surface area (Å²) in [4.78, 5) is 117. The molecule has 0 unspecified atom stereocenters. The van der Waals surface area contributed by atoms with Gasteiger partial charge in [-0.3, -0.25) is 42.9 Å². The Labute approximate surface area is 581 Å². The van der Waals surface area contributed by atoms with Gasteiger partial charge in [0.25, 0.3) is 0 Å². The molecular weight excluding hydrogens is 1200 g/mol. The average molecular weight is 1330 g/mol. The minimum atomic E-state index is -0.879. The van der Waals surface area contributed by atoms with Gasteiger partial charge >= 0.3 is 29.8 Å². The van der Waals surface area contributed by atoms with E-state index in [1.54, 1.807) is 52.2 Å². The maximum Gasteiger partial charge on any atom is 0.343 e. The van der Waals surface area contributed by atoms with Crippen molar-refractivity contribution in [2.45, 2.75) is 193 Å². The van der Waals surface area contributed by atoms with E-state index < -0.39 is 17.9 Å². The Hall–Kier alpha value is -8.68. The van der Waals surface area contributed by atoms with Crippen LogP contribution in [-0.4, -0.2) is 109 Å². The van der Waals surface area contributed by atoms with E-state index in [9.17, 15) is 53.1 Å². The molecule has 522 valence electrons. The van der Waals surface area contributed by atoms with Gasteiger partial charge in [-0.05, 0) is 153 Å². The highest BCUT2D eigenvalue weighted by Gasteiger charge is 2.39. The first kappa shape index (κ1) is 57.9. The van der Waals surface area contributed by atoms with Gasteiger partial charge < -0.3 is 29.0 Å². The summed E-state index contributed by atoms with van der Waals surface area (Å²) in [6.45, 7) is 6.15. The quantitative estimate of drug-likeness (QED) is 0.0187. The van der Waals surface area contributed by atoms with Gasteiger partial charge in [-0.1, -0.05) is 91.0 Å². The van der Waals surface area contributed by atoms with Crippen LogP contribution in [0, 0.1) is 29.6 Å². The first-order chi connectivity index (χ1) is 55.3. The summed E-state index contributed by atoms with van der Waals surface area (Å²) in [5.74, 6) is -0.510. The second-order valence-corrected chi connectivity index (χ2v) is 25.9. The molecule has 7 fully saturated rings. The summed E-state index contributed by atoms with van der Waals surface area (Å²) < 4.78 is 124. The molecule has 20 nitrogen and oxygen atoms in total. The number of aromatic carboxylic acids is 1. The van der Waals surface area contributed by atoms with Crippen LogP contribution in [0.2, 0.25) is 0 Å². The van der Waals surface area contributed by atoms with Crippen LogP contribution >= 0.6 is 0 Å². The lowest BCUT2D eigenvalue weighted by Gasteiger charge is -2.28. The largest absolute Gasteiger partial charge is 0.478 e. The summed E-state index contributed by atoms with van der Waals surface area (Å²) in [6, 6.07) is 29.1. The Morgan fingerprint density at radius 3 is 1.24 bits per heavy atom. The molecule has 7 saturated carbocycles. The molecule has 2 heterocycles. The topological polar surface area (TPSA) is 267 Å². The maximum atomic E-state index is 12.7. The highest BCUT2D eigenvalue weighted by Crippen LogP contribution is 2.46. The van der Waals surface area contributed by atoms with E-state index in [1.165, 1.54) is 6.20 Å². The summed E-state index contributed by atoms with van der Waals surface area (Å²) in [6.07, 6.45) is 21.8. The predicted molar refractivity (Wildman–Crippen MR) is 369 cm³/mol. The number of carbonyl (C=O) groups is 10.